The Bertz CT molecular complexity index is 454. The minimum absolute atomic E-state index is 0.198. The van der Waals surface area contributed by atoms with Gasteiger partial charge in [-0.2, -0.15) is 4.98 Å². The van der Waals surface area contributed by atoms with E-state index in [0.29, 0.717) is 17.8 Å². The molecule has 0 aliphatic rings. The van der Waals surface area contributed by atoms with Gasteiger partial charge in [-0.25, -0.2) is 0 Å². The minimum Gasteiger partial charge on any atom is -0.339 e. The third kappa shape index (κ3) is 2.70. The summed E-state index contributed by atoms with van der Waals surface area (Å²) >= 11 is 1.51. The number of nitrogens with zero attached hydrogens (tertiary/aromatic N) is 3. The van der Waals surface area contributed by atoms with Crippen LogP contribution in [0.5, 0.6) is 0 Å². The molecule has 0 aliphatic carbocycles. The molecule has 6 heteroatoms. The second-order valence-corrected chi connectivity index (χ2v) is 4.84. The van der Waals surface area contributed by atoms with Gasteiger partial charge in [0.15, 0.2) is 0 Å². The first-order valence-corrected chi connectivity index (χ1v) is 6.56. The Kier molecular flexibility index (Phi) is 3.86. The molecule has 17 heavy (non-hydrogen) atoms. The summed E-state index contributed by atoms with van der Waals surface area (Å²) in [4.78, 5) is 9.34. The van der Waals surface area contributed by atoms with Gasteiger partial charge in [-0.1, -0.05) is 19.0 Å². The van der Waals surface area contributed by atoms with Gasteiger partial charge in [0, 0.05) is 12.2 Å². The highest BCUT2D eigenvalue weighted by Crippen LogP contribution is 2.23. The molecule has 0 radical (unpaired) electrons. The fraction of sp³-hybridized carbons (Fsp3) is 0.545. The lowest BCUT2D eigenvalue weighted by atomic mass is 10.0. The van der Waals surface area contributed by atoms with E-state index >= 15 is 0 Å². The van der Waals surface area contributed by atoms with Gasteiger partial charge in [-0.15, -0.1) is 11.3 Å². The van der Waals surface area contributed by atoms with E-state index in [9.17, 15) is 0 Å². The average Bonchev–Trinajstić information content (AvgIpc) is 2.98. The van der Waals surface area contributed by atoms with E-state index in [1.54, 1.807) is 11.7 Å². The Morgan fingerprint density at radius 1 is 1.47 bits per heavy atom. The molecule has 2 unspecified atom stereocenters. The molecule has 5 nitrogen and oxygen atoms in total. The summed E-state index contributed by atoms with van der Waals surface area (Å²) in [6, 6.07) is 0.315. The quantitative estimate of drug-likeness (QED) is 0.884. The number of rotatable bonds is 5. The van der Waals surface area contributed by atoms with Gasteiger partial charge in [0.05, 0.1) is 16.3 Å². The topological polar surface area (TPSA) is 63.8 Å². The second kappa shape index (κ2) is 5.37. The first-order valence-electron chi connectivity index (χ1n) is 5.68. The summed E-state index contributed by atoms with van der Waals surface area (Å²) in [6.07, 6.45) is 1.75. The van der Waals surface area contributed by atoms with Crippen molar-refractivity contribution in [2.24, 2.45) is 0 Å². The van der Waals surface area contributed by atoms with Crippen molar-refractivity contribution in [3.05, 3.63) is 17.6 Å². The normalized spacial score (nSPS) is 14.8. The molecule has 0 aromatic carbocycles. The van der Waals surface area contributed by atoms with E-state index in [-0.39, 0.29) is 5.92 Å². The van der Waals surface area contributed by atoms with Crippen molar-refractivity contribution in [1.82, 2.24) is 20.4 Å². The van der Waals surface area contributed by atoms with E-state index in [1.807, 2.05) is 0 Å². The van der Waals surface area contributed by atoms with Crippen LogP contribution in [0.1, 0.15) is 32.6 Å². The van der Waals surface area contributed by atoms with Crippen molar-refractivity contribution in [3.63, 3.8) is 0 Å². The van der Waals surface area contributed by atoms with Crippen LogP contribution in [0.4, 0.5) is 0 Å². The van der Waals surface area contributed by atoms with Gasteiger partial charge in [-0.05, 0) is 13.5 Å². The molecule has 2 atom stereocenters. The molecule has 2 heterocycles. The fourth-order valence-electron chi connectivity index (χ4n) is 1.56. The molecule has 92 valence electrons. The Hall–Kier alpha value is -1.27. The van der Waals surface area contributed by atoms with Crippen molar-refractivity contribution in [2.75, 3.05) is 6.54 Å². The molecule has 0 bridgehead atoms. The van der Waals surface area contributed by atoms with E-state index in [2.05, 4.69) is 41.2 Å². The Morgan fingerprint density at radius 2 is 2.29 bits per heavy atom. The number of likely N-dealkylation sites (N-methyl/N-ethyl adjacent to an activating group) is 1. The van der Waals surface area contributed by atoms with Gasteiger partial charge in [0.2, 0.25) is 11.7 Å². The van der Waals surface area contributed by atoms with Crippen LogP contribution >= 0.6 is 11.3 Å². The van der Waals surface area contributed by atoms with Crippen LogP contribution < -0.4 is 5.32 Å². The Labute approximate surface area is 104 Å². The molecule has 0 aliphatic heterocycles. The predicted octanol–water partition coefficient (Wildman–Crippen LogP) is 2.29. The zero-order valence-electron chi connectivity index (χ0n) is 10.2. The molecule has 2 rings (SSSR count). The van der Waals surface area contributed by atoms with Gasteiger partial charge in [-0.3, -0.25) is 4.98 Å². The SMILES string of the molecule is CCNC(C)C(C)c1nc(-c2cncs2)no1. The van der Waals surface area contributed by atoms with Gasteiger partial charge >= 0.3 is 0 Å². The number of thiazole rings is 1. The number of nitrogens with one attached hydrogen (secondary N) is 1. The number of hydrogen-bond donors (Lipinski definition) is 1. The van der Waals surface area contributed by atoms with Crippen LogP contribution in [0.25, 0.3) is 10.7 Å². The summed E-state index contributed by atoms with van der Waals surface area (Å²) in [5.74, 6) is 1.49. The van der Waals surface area contributed by atoms with Crippen molar-refractivity contribution in [2.45, 2.75) is 32.7 Å². The van der Waals surface area contributed by atoms with Gasteiger partial charge in [0.25, 0.3) is 0 Å². The van der Waals surface area contributed by atoms with Crippen molar-refractivity contribution in [3.8, 4) is 10.7 Å². The highest BCUT2D eigenvalue weighted by molar-refractivity contribution is 7.13. The largest absolute Gasteiger partial charge is 0.339 e. The summed E-state index contributed by atoms with van der Waals surface area (Å²) in [6.45, 7) is 7.21. The zero-order chi connectivity index (χ0) is 12.3. The zero-order valence-corrected chi connectivity index (χ0v) is 11.0. The molecular weight excluding hydrogens is 236 g/mol. The Balaban J connectivity index is 2.13. The van der Waals surface area contributed by atoms with Crippen LogP contribution in [0, 0.1) is 0 Å². The lowest BCUT2D eigenvalue weighted by Crippen LogP contribution is -2.30. The van der Waals surface area contributed by atoms with E-state index in [4.69, 9.17) is 4.52 Å². The summed E-state index contributed by atoms with van der Waals surface area (Å²) in [5.41, 5.74) is 1.76. The molecule has 0 saturated carbocycles. The maximum Gasteiger partial charge on any atom is 0.231 e. The van der Waals surface area contributed by atoms with Crippen LogP contribution in [0.2, 0.25) is 0 Å². The van der Waals surface area contributed by atoms with Crippen molar-refractivity contribution < 1.29 is 4.52 Å². The first kappa shape index (κ1) is 12.2. The number of hydrogen-bond acceptors (Lipinski definition) is 6. The predicted molar refractivity (Wildman–Crippen MR) is 67.0 cm³/mol. The second-order valence-electron chi connectivity index (χ2n) is 3.96. The summed E-state index contributed by atoms with van der Waals surface area (Å²) in [5, 5.41) is 7.33. The van der Waals surface area contributed by atoms with Crippen LogP contribution in [-0.2, 0) is 0 Å². The van der Waals surface area contributed by atoms with Gasteiger partial charge in [0.1, 0.15) is 0 Å². The van der Waals surface area contributed by atoms with E-state index in [1.165, 1.54) is 11.3 Å². The monoisotopic (exact) mass is 252 g/mol. The maximum atomic E-state index is 5.30. The molecule has 0 fully saturated rings. The minimum atomic E-state index is 0.198. The molecule has 2 aromatic heterocycles. The molecule has 0 amide bonds. The van der Waals surface area contributed by atoms with Crippen LogP contribution in [0.15, 0.2) is 16.2 Å². The maximum absolute atomic E-state index is 5.30. The smallest absolute Gasteiger partial charge is 0.231 e. The number of aromatic nitrogens is 3. The first-order chi connectivity index (χ1) is 8.22. The van der Waals surface area contributed by atoms with Crippen LogP contribution in [-0.4, -0.2) is 27.7 Å². The van der Waals surface area contributed by atoms with E-state index < -0.39 is 0 Å². The molecule has 0 spiro atoms. The highest BCUT2D eigenvalue weighted by Gasteiger charge is 2.20. The average molecular weight is 252 g/mol. The molecule has 0 saturated heterocycles. The summed E-state index contributed by atoms with van der Waals surface area (Å²) < 4.78 is 5.30. The molecule has 1 N–H and O–H groups in total. The van der Waals surface area contributed by atoms with E-state index in [0.717, 1.165) is 11.4 Å². The lowest BCUT2D eigenvalue weighted by Gasteiger charge is -2.16. The van der Waals surface area contributed by atoms with Gasteiger partial charge < -0.3 is 9.84 Å². The van der Waals surface area contributed by atoms with Crippen LogP contribution in [0.3, 0.4) is 0 Å². The fourth-order valence-corrected chi connectivity index (χ4v) is 2.10. The lowest BCUT2D eigenvalue weighted by molar-refractivity contribution is 0.332. The summed E-state index contributed by atoms with van der Waals surface area (Å²) in [7, 11) is 0. The third-order valence-corrected chi connectivity index (χ3v) is 3.53. The molecular formula is C11H16N4OS. The standard InChI is InChI=1S/C11H16N4OS/c1-4-13-8(3)7(2)11-14-10(15-16-11)9-5-12-6-17-9/h5-8,13H,4H2,1-3H3. The third-order valence-electron chi connectivity index (χ3n) is 2.76. The van der Waals surface area contributed by atoms with Crippen molar-refractivity contribution in [1.29, 1.82) is 0 Å². The highest BCUT2D eigenvalue weighted by atomic mass is 32.1. The molecule has 2 aromatic rings. The Morgan fingerprint density at radius 3 is 2.94 bits per heavy atom. The van der Waals surface area contributed by atoms with Crippen molar-refractivity contribution >= 4 is 11.3 Å².